The monoisotopic (exact) mass is 292 g/mol. The average molecular weight is 292 g/mol. The lowest BCUT2D eigenvalue weighted by Gasteiger charge is -2.14. The molecule has 112 valence electrons. The highest BCUT2D eigenvalue weighted by molar-refractivity contribution is 5.90. The van der Waals surface area contributed by atoms with Gasteiger partial charge in [-0.2, -0.15) is 0 Å². The number of ether oxygens (including phenoxy) is 1. The van der Waals surface area contributed by atoms with Crippen molar-refractivity contribution in [1.29, 1.82) is 0 Å². The number of rotatable bonds is 4. The standard InChI is InChI=1S/C20H20O2/c1-14(10-15-6-4-3-5-7-15)16-11-17-12-18(22-2)8-9-19(17)20(21)13-16/h3-9,11-14,21H,10H2,1-2H3. The number of hydrogen-bond acceptors (Lipinski definition) is 2. The van der Waals surface area contributed by atoms with Gasteiger partial charge in [0.2, 0.25) is 0 Å². The van der Waals surface area contributed by atoms with E-state index in [-0.39, 0.29) is 0 Å². The van der Waals surface area contributed by atoms with E-state index < -0.39 is 0 Å². The van der Waals surface area contributed by atoms with Crippen LogP contribution in [0.5, 0.6) is 11.5 Å². The summed E-state index contributed by atoms with van der Waals surface area (Å²) in [6, 6.07) is 20.2. The Bertz CT molecular complexity index is 778. The molecule has 1 N–H and O–H groups in total. The first-order chi connectivity index (χ1) is 10.7. The minimum Gasteiger partial charge on any atom is -0.507 e. The van der Waals surface area contributed by atoms with Gasteiger partial charge in [0.25, 0.3) is 0 Å². The molecule has 1 atom stereocenters. The predicted molar refractivity (Wildman–Crippen MR) is 90.7 cm³/mol. The first-order valence-electron chi connectivity index (χ1n) is 7.52. The van der Waals surface area contributed by atoms with E-state index in [1.807, 2.05) is 30.3 Å². The van der Waals surface area contributed by atoms with Crippen LogP contribution < -0.4 is 4.74 Å². The molecule has 0 aliphatic rings. The van der Waals surface area contributed by atoms with Crippen molar-refractivity contribution in [2.75, 3.05) is 7.11 Å². The molecule has 0 spiro atoms. The number of methoxy groups -OCH3 is 1. The maximum absolute atomic E-state index is 10.3. The van der Waals surface area contributed by atoms with E-state index in [1.165, 1.54) is 5.56 Å². The van der Waals surface area contributed by atoms with Crippen LogP contribution in [0.3, 0.4) is 0 Å². The van der Waals surface area contributed by atoms with Crippen LogP contribution in [0.15, 0.2) is 60.7 Å². The number of hydrogen-bond donors (Lipinski definition) is 1. The van der Waals surface area contributed by atoms with Crippen LogP contribution in [0.2, 0.25) is 0 Å². The topological polar surface area (TPSA) is 29.5 Å². The summed E-state index contributed by atoms with van der Waals surface area (Å²) in [5.74, 6) is 1.47. The van der Waals surface area contributed by atoms with Crippen molar-refractivity contribution in [3.8, 4) is 11.5 Å². The van der Waals surface area contributed by atoms with E-state index in [0.29, 0.717) is 11.7 Å². The van der Waals surface area contributed by atoms with Crippen molar-refractivity contribution in [2.24, 2.45) is 0 Å². The van der Waals surface area contributed by atoms with E-state index in [2.05, 4.69) is 37.3 Å². The molecule has 0 saturated heterocycles. The molecule has 3 aromatic rings. The Morgan fingerprint density at radius 2 is 1.77 bits per heavy atom. The average Bonchev–Trinajstić information content (AvgIpc) is 2.55. The normalized spacial score (nSPS) is 12.3. The van der Waals surface area contributed by atoms with Gasteiger partial charge < -0.3 is 9.84 Å². The zero-order chi connectivity index (χ0) is 15.5. The number of phenolic OH excluding ortho intramolecular Hbond substituents is 1. The smallest absolute Gasteiger partial charge is 0.123 e. The molecule has 0 fully saturated rings. The molecule has 3 aromatic carbocycles. The maximum Gasteiger partial charge on any atom is 0.123 e. The first-order valence-corrected chi connectivity index (χ1v) is 7.52. The molecule has 0 bridgehead atoms. The van der Waals surface area contributed by atoms with Crippen LogP contribution >= 0.6 is 0 Å². The number of benzene rings is 3. The molecule has 1 unspecified atom stereocenters. The van der Waals surface area contributed by atoms with E-state index >= 15 is 0 Å². The van der Waals surface area contributed by atoms with Gasteiger partial charge in [0.15, 0.2) is 0 Å². The Kier molecular flexibility index (Phi) is 4.01. The molecule has 0 aromatic heterocycles. The molecule has 3 rings (SSSR count). The molecule has 2 nitrogen and oxygen atoms in total. The third-order valence-electron chi connectivity index (χ3n) is 4.11. The number of phenols is 1. The maximum atomic E-state index is 10.3. The van der Waals surface area contributed by atoms with Crippen LogP contribution in [0, 0.1) is 0 Å². The second kappa shape index (κ2) is 6.10. The molecular weight excluding hydrogens is 272 g/mol. The van der Waals surface area contributed by atoms with E-state index in [4.69, 9.17) is 4.74 Å². The first kappa shape index (κ1) is 14.5. The fraction of sp³-hybridized carbons (Fsp3) is 0.200. The number of aromatic hydroxyl groups is 1. The third kappa shape index (κ3) is 2.91. The van der Waals surface area contributed by atoms with Gasteiger partial charge in [-0.05, 0) is 53.1 Å². The fourth-order valence-corrected chi connectivity index (χ4v) is 2.85. The fourth-order valence-electron chi connectivity index (χ4n) is 2.85. The van der Waals surface area contributed by atoms with Crippen molar-refractivity contribution < 1.29 is 9.84 Å². The summed E-state index contributed by atoms with van der Waals surface area (Å²) in [7, 11) is 1.66. The van der Waals surface area contributed by atoms with Crippen molar-refractivity contribution in [3.63, 3.8) is 0 Å². The highest BCUT2D eigenvalue weighted by Gasteiger charge is 2.11. The molecule has 2 heteroatoms. The second-order valence-corrected chi connectivity index (χ2v) is 5.72. The van der Waals surface area contributed by atoms with Gasteiger partial charge in [-0.15, -0.1) is 0 Å². The van der Waals surface area contributed by atoms with E-state index in [9.17, 15) is 5.11 Å². The third-order valence-corrected chi connectivity index (χ3v) is 4.11. The summed E-state index contributed by atoms with van der Waals surface area (Å²) >= 11 is 0. The van der Waals surface area contributed by atoms with Crippen molar-refractivity contribution in [3.05, 3.63) is 71.8 Å². The van der Waals surface area contributed by atoms with Crippen LogP contribution in [-0.2, 0) is 6.42 Å². The second-order valence-electron chi connectivity index (χ2n) is 5.72. The zero-order valence-electron chi connectivity index (χ0n) is 12.9. The van der Waals surface area contributed by atoms with Crippen LogP contribution in [0.1, 0.15) is 24.0 Å². The molecule has 22 heavy (non-hydrogen) atoms. The van der Waals surface area contributed by atoms with Gasteiger partial charge in [-0.3, -0.25) is 0 Å². The molecule has 0 aliphatic heterocycles. The summed E-state index contributed by atoms with van der Waals surface area (Å²) in [5, 5.41) is 12.2. The predicted octanol–water partition coefficient (Wildman–Crippen LogP) is 4.90. The largest absolute Gasteiger partial charge is 0.507 e. The Morgan fingerprint density at radius 1 is 1.00 bits per heavy atom. The molecule has 0 amide bonds. The minimum absolute atomic E-state index is 0.329. The van der Waals surface area contributed by atoms with Crippen molar-refractivity contribution in [1.82, 2.24) is 0 Å². The number of fused-ring (bicyclic) bond motifs is 1. The van der Waals surface area contributed by atoms with E-state index in [1.54, 1.807) is 7.11 Å². The SMILES string of the molecule is COc1ccc2c(O)cc(C(C)Cc3ccccc3)cc2c1. The van der Waals surface area contributed by atoms with Gasteiger partial charge in [-0.1, -0.05) is 43.3 Å². The minimum atomic E-state index is 0.329. The van der Waals surface area contributed by atoms with Gasteiger partial charge >= 0.3 is 0 Å². The van der Waals surface area contributed by atoms with Crippen molar-refractivity contribution >= 4 is 10.8 Å². The summed E-state index contributed by atoms with van der Waals surface area (Å²) in [6.07, 6.45) is 0.954. The molecule has 0 heterocycles. The van der Waals surface area contributed by atoms with Crippen LogP contribution in [0.4, 0.5) is 0 Å². The molecular formula is C20H20O2. The van der Waals surface area contributed by atoms with Gasteiger partial charge in [0.1, 0.15) is 11.5 Å². The van der Waals surface area contributed by atoms with Gasteiger partial charge in [-0.25, -0.2) is 0 Å². The van der Waals surface area contributed by atoms with Crippen molar-refractivity contribution in [2.45, 2.75) is 19.3 Å². The quantitative estimate of drug-likeness (QED) is 0.741. The lowest BCUT2D eigenvalue weighted by atomic mass is 9.91. The highest BCUT2D eigenvalue weighted by atomic mass is 16.5. The van der Waals surface area contributed by atoms with Crippen LogP contribution in [-0.4, -0.2) is 12.2 Å². The Balaban J connectivity index is 1.96. The van der Waals surface area contributed by atoms with Gasteiger partial charge in [0.05, 0.1) is 7.11 Å². The summed E-state index contributed by atoms with van der Waals surface area (Å²) < 4.78 is 5.28. The lowest BCUT2D eigenvalue weighted by Crippen LogP contribution is -1.98. The zero-order valence-corrected chi connectivity index (χ0v) is 12.9. The summed E-state index contributed by atoms with van der Waals surface area (Å²) in [4.78, 5) is 0. The van der Waals surface area contributed by atoms with Gasteiger partial charge in [0, 0.05) is 5.39 Å². The van der Waals surface area contributed by atoms with Crippen LogP contribution in [0.25, 0.3) is 10.8 Å². The Labute approximate surface area is 131 Å². The molecule has 0 aliphatic carbocycles. The summed E-state index contributed by atoms with van der Waals surface area (Å²) in [6.45, 7) is 2.19. The lowest BCUT2D eigenvalue weighted by molar-refractivity contribution is 0.415. The Hall–Kier alpha value is -2.48. The molecule has 0 saturated carbocycles. The van der Waals surface area contributed by atoms with E-state index in [0.717, 1.165) is 28.5 Å². The Morgan fingerprint density at radius 3 is 2.50 bits per heavy atom. The summed E-state index contributed by atoms with van der Waals surface area (Å²) in [5.41, 5.74) is 2.45. The molecule has 0 radical (unpaired) electrons. The highest BCUT2D eigenvalue weighted by Crippen LogP contribution is 2.33.